The number of sulfonamides is 1. The molecule has 0 bridgehead atoms. The molecule has 1 aliphatic rings. The Labute approximate surface area is 221 Å². The molecule has 0 saturated carbocycles. The summed E-state index contributed by atoms with van der Waals surface area (Å²) in [5.74, 6) is 0.429. The van der Waals surface area contributed by atoms with Crippen molar-refractivity contribution in [3.8, 4) is 0 Å². The molecule has 9 heteroatoms. The van der Waals surface area contributed by atoms with Crippen molar-refractivity contribution in [3.05, 3.63) is 90.0 Å². The predicted octanol–water partition coefficient (Wildman–Crippen LogP) is 4.36. The van der Waals surface area contributed by atoms with Crippen molar-refractivity contribution < 1.29 is 13.2 Å². The van der Waals surface area contributed by atoms with Crippen LogP contribution in [0.3, 0.4) is 0 Å². The third kappa shape index (κ3) is 6.07. The molecule has 37 heavy (non-hydrogen) atoms. The number of rotatable bonds is 9. The Bertz CT molecular complexity index is 1470. The maximum Gasteiger partial charge on any atom is 0.240 e. The molecule has 1 aliphatic heterocycles. The molecule has 1 atom stereocenters. The fraction of sp³-hybridized carbons (Fsp3) is 0.286. The van der Waals surface area contributed by atoms with Crippen LogP contribution in [0.4, 0.5) is 5.13 Å². The number of benzene rings is 3. The van der Waals surface area contributed by atoms with Crippen LogP contribution in [0.5, 0.6) is 0 Å². The summed E-state index contributed by atoms with van der Waals surface area (Å²) in [6, 6.07) is 23.4. The third-order valence-electron chi connectivity index (χ3n) is 6.97. The van der Waals surface area contributed by atoms with Gasteiger partial charge >= 0.3 is 0 Å². The van der Waals surface area contributed by atoms with Gasteiger partial charge in [-0.2, -0.15) is 0 Å². The Morgan fingerprint density at radius 1 is 1.03 bits per heavy atom. The van der Waals surface area contributed by atoms with Gasteiger partial charge in [-0.15, -0.1) is 0 Å². The number of nitrogens with zero attached hydrogens (tertiary/aromatic N) is 2. The zero-order chi connectivity index (χ0) is 25.8. The highest BCUT2D eigenvalue weighted by Gasteiger charge is 2.32. The number of aromatic nitrogens is 1. The molecule has 0 spiro atoms. The fourth-order valence-electron chi connectivity index (χ4n) is 4.96. The second-order valence-corrected chi connectivity index (χ2v) is 12.3. The van der Waals surface area contributed by atoms with E-state index in [9.17, 15) is 13.2 Å². The number of fused-ring (bicyclic) bond motifs is 1. The smallest absolute Gasteiger partial charge is 0.240 e. The number of ketones is 1. The topological polar surface area (TPSA) is 105 Å². The summed E-state index contributed by atoms with van der Waals surface area (Å²) in [6.45, 7) is 1.47. The lowest BCUT2D eigenvalue weighted by atomic mass is 9.89. The van der Waals surface area contributed by atoms with Crippen LogP contribution in [-0.2, 0) is 16.4 Å². The average molecular weight is 535 g/mol. The van der Waals surface area contributed by atoms with Gasteiger partial charge in [0.05, 0.1) is 21.2 Å². The predicted molar refractivity (Wildman–Crippen MR) is 148 cm³/mol. The van der Waals surface area contributed by atoms with E-state index in [1.807, 2.05) is 12.1 Å². The Hall–Kier alpha value is -3.11. The minimum Gasteiger partial charge on any atom is -0.375 e. The van der Waals surface area contributed by atoms with Crippen LogP contribution in [0.25, 0.3) is 10.2 Å². The number of anilines is 1. The summed E-state index contributed by atoms with van der Waals surface area (Å²) in [5.41, 5.74) is 8.46. The SMILES string of the molecule is Nc1nc2ccc(C(=O)C(CNS(=O)(=O)c3ccccc3)N3CCC(Cc4ccccc4)CC3)cc2s1. The first-order chi connectivity index (χ1) is 17.9. The number of likely N-dealkylation sites (tertiary alicyclic amines) is 1. The molecule has 3 N–H and O–H groups in total. The van der Waals surface area contributed by atoms with Crippen molar-refractivity contribution in [2.75, 3.05) is 25.4 Å². The Morgan fingerprint density at radius 3 is 2.41 bits per heavy atom. The lowest BCUT2D eigenvalue weighted by Crippen LogP contribution is -2.51. The molecule has 1 saturated heterocycles. The van der Waals surface area contributed by atoms with Crippen LogP contribution in [0.15, 0.2) is 83.8 Å². The first kappa shape index (κ1) is 25.5. The van der Waals surface area contributed by atoms with Crippen LogP contribution in [0.2, 0.25) is 0 Å². The summed E-state index contributed by atoms with van der Waals surface area (Å²) in [4.78, 5) is 20.4. The number of nitrogens with two attached hydrogens (primary N) is 1. The van der Waals surface area contributed by atoms with E-state index in [4.69, 9.17) is 5.73 Å². The molecule has 192 valence electrons. The van der Waals surface area contributed by atoms with Gasteiger partial charge < -0.3 is 5.73 Å². The van der Waals surface area contributed by atoms with Gasteiger partial charge in [-0.05, 0) is 74.2 Å². The van der Waals surface area contributed by atoms with E-state index in [1.165, 1.54) is 16.9 Å². The maximum atomic E-state index is 13.8. The van der Waals surface area contributed by atoms with E-state index in [0.29, 0.717) is 16.6 Å². The highest BCUT2D eigenvalue weighted by atomic mass is 32.2. The number of hydrogen-bond acceptors (Lipinski definition) is 7. The molecule has 0 amide bonds. The van der Waals surface area contributed by atoms with Crippen molar-refractivity contribution >= 4 is 42.5 Å². The van der Waals surface area contributed by atoms with Gasteiger partial charge in [0.2, 0.25) is 10.0 Å². The van der Waals surface area contributed by atoms with Crippen LogP contribution < -0.4 is 10.5 Å². The highest BCUT2D eigenvalue weighted by Crippen LogP contribution is 2.27. The van der Waals surface area contributed by atoms with Gasteiger partial charge in [0, 0.05) is 12.1 Å². The van der Waals surface area contributed by atoms with Crippen molar-refractivity contribution in [1.82, 2.24) is 14.6 Å². The summed E-state index contributed by atoms with van der Waals surface area (Å²) in [6.07, 6.45) is 2.92. The highest BCUT2D eigenvalue weighted by molar-refractivity contribution is 7.89. The maximum absolute atomic E-state index is 13.8. The lowest BCUT2D eigenvalue weighted by Gasteiger charge is -2.37. The van der Waals surface area contributed by atoms with E-state index in [1.54, 1.807) is 42.5 Å². The Balaban J connectivity index is 1.34. The lowest BCUT2D eigenvalue weighted by molar-refractivity contribution is 0.0749. The second-order valence-electron chi connectivity index (χ2n) is 9.45. The number of piperidine rings is 1. The molecule has 2 heterocycles. The molecule has 5 rings (SSSR count). The Kier molecular flexibility index (Phi) is 7.66. The van der Waals surface area contributed by atoms with E-state index in [0.717, 1.165) is 42.6 Å². The van der Waals surface area contributed by atoms with Crippen LogP contribution in [0, 0.1) is 5.92 Å². The molecule has 7 nitrogen and oxygen atoms in total. The first-order valence-corrected chi connectivity index (χ1v) is 14.7. The monoisotopic (exact) mass is 534 g/mol. The number of nitrogens with one attached hydrogen (secondary N) is 1. The molecule has 1 aromatic heterocycles. The van der Waals surface area contributed by atoms with Gasteiger partial charge in [-0.1, -0.05) is 59.9 Å². The molecular weight excluding hydrogens is 504 g/mol. The molecule has 3 aromatic carbocycles. The molecular formula is C28H30N4O3S2. The molecule has 1 fully saturated rings. The molecule has 0 radical (unpaired) electrons. The minimum atomic E-state index is -3.75. The van der Waals surface area contributed by atoms with Gasteiger partial charge in [-0.3, -0.25) is 9.69 Å². The van der Waals surface area contributed by atoms with E-state index in [2.05, 4.69) is 38.9 Å². The molecule has 1 unspecified atom stereocenters. The molecule has 4 aromatic rings. The van der Waals surface area contributed by atoms with Crippen LogP contribution in [-0.4, -0.2) is 49.8 Å². The summed E-state index contributed by atoms with van der Waals surface area (Å²) in [5, 5.41) is 0.451. The van der Waals surface area contributed by atoms with Crippen molar-refractivity contribution in [2.45, 2.75) is 30.2 Å². The van der Waals surface area contributed by atoms with Gasteiger partial charge in [0.1, 0.15) is 0 Å². The number of thiazole rings is 1. The van der Waals surface area contributed by atoms with Crippen molar-refractivity contribution in [1.29, 1.82) is 0 Å². The van der Waals surface area contributed by atoms with E-state index in [-0.39, 0.29) is 17.2 Å². The molecule has 0 aliphatic carbocycles. The van der Waals surface area contributed by atoms with Crippen molar-refractivity contribution in [2.24, 2.45) is 5.92 Å². The summed E-state index contributed by atoms with van der Waals surface area (Å²) >= 11 is 1.34. The standard InChI is InChI=1S/C28H30N4O3S2/c29-28-31-24-12-11-22(18-26(24)36-28)27(33)25(19-30-37(34,35)23-9-5-2-6-10-23)32-15-13-21(14-16-32)17-20-7-3-1-4-8-20/h1-12,18,21,25,30H,13-17,19H2,(H2,29,31). The fourth-order valence-corrected chi connectivity index (χ4v) is 6.80. The normalized spacial score (nSPS) is 16.1. The van der Waals surface area contributed by atoms with Gasteiger partial charge in [-0.25, -0.2) is 18.1 Å². The second kappa shape index (κ2) is 11.1. The number of nitrogen functional groups attached to an aromatic ring is 1. The number of carbonyl (C=O) groups is 1. The van der Waals surface area contributed by atoms with E-state index >= 15 is 0 Å². The number of hydrogen-bond donors (Lipinski definition) is 2. The summed E-state index contributed by atoms with van der Waals surface area (Å²) < 4.78 is 29.4. The average Bonchev–Trinajstić information content (AvgIpc) is 3.30. The third-order valence-corrected chi connectivity index (χ3v) is 9.26. The van der Waals surface area contributed by atoms with Crippen LogP contribution >= 0.6 is 11.3 Å². The zero-order valence-electron chi connectivity index (χ0n) is 20.4. The first-order valence-electron chi connectivity index (χ1n) is 12.4. The van der Waals surface area contributed by atoms with Gasteiger partial charge in [0.15, 0.2) is 10.9 Å². The van der Waals surface area contributed by atoms with Crippen molar-refractivity contribution in [3.63, 3.8) is 0 Å². The van der Waals surface area contributed by atoms with E-state index < -0.39 is 16.1 Å². The van der Waals surface area contributed by atoms with Gasteiger partial charge in [0.25, 0.3) is 0 Å². The number of carbonyl (C=O) groups excluding carboxylic acids is 1. The summed E-state index contributed by atoms with van der Waals surface area (Å²) in [7, 11) is -3.75. The van der Waals surface area contributed by atoms with Crippen LogP contribution in [0.1, 0.15) is 28.8 Å². The number of Topliss-reactive ketones (excluding diaryl/α,β-unsaturated/α-hetero) is 1. The Morgan fingerprint density at radius 2 is 1.70 bits per heavy atom. The largest absolute Gasteiger partial charge is 0.375 e. The minimum absolute atomic E-state index is 0.00226. The zero-order valence-corrected chi connectivity index (χ0v) is 22.0. The quantitative estimate of drug-likeness (QED) is 0.309.